The topological polar surface area (TPSA) is 48.3 Å². The highest BCUT2D eigenvalue weighted by atomic mass is 35.5. The predicted octanol–water partition coefficient (Wildman–Crippen LogP) is 4.72. The van der Waals surface area contributed by atoms with Crippen LogP contribution in [-0.2, 0) is 11.3 Å². The molecule has 1 aliphatic heterocycles. The van der Waals surface area contributed by atoms with Gasteiger partial charge in [-0.15, -0.1) is 0 Å². The Balaban J connectivity index is 1.58. The molecule has 1 N–H and O–H groups in total. The summed E-state index contributed by atoms with van der Waals surface area (Å²) < 4.78 is 12.6. The molecular formula is C23H26ClN3O2. The molecule has 0 bridgehead atoms. The molecular weight excluding hydrogens is 386 g/mol. The fraction of sp³-hybridized carbons (Fsp3) is 0.348. The Morgan fingerprint density at radius 2 is 1.90 bits per heavy atom. The van der Waals surface area contributed by atoms with E-state index in [2.05, 4.69) is 11.5 Å². The molecule has 0 radical (unpaired) electrons. The van der Waals surface area contributed by atoms with E-state index < -0.39 is 0 Å². The molecule has 6 heteroatoms. The van der Waals surface area contributed by atoms with E-state index in [9.17, 15) is 0 Å². The molecule has 0 spiro atoms. The number of nitrogens with zero attached hydrogens (tertiary/aromatic N) is 2. The molecule has 3 aromatic rings. The summed E-state index contributed by atoms with van der Waals surface area (Å²) in [7, 11) is 1.67. The summed E-state index contributed by atoms with van der Waals surface area (Å²) in [5.74, 6) is 1.50. The van der Waals surface area contributed by atoms with Crippen LogP contribution < -0.4 is 10.1 Å². The second-order valence-electron chi connectivity index (χ2n) is 7.31. The van der Waals surface area contributed by atoms with Gasteiger partial charge in [-0.2, -0.15) is 5.10 Å². The van der Waals surface area contributed by atoms with E-state index >= 15 is 0 Å². The first kappa shape index (κ1) is 20.0. The first-order valence-electron chi connectivity index (χ1n) is 10.0. The molecule has 0 atom stereocenters. The van der Waals surface area contributed by atoms with Crippen LogP contribution in [0.15, 0.2) is 54.7 Å². The highest BCUT2D eigenvalue weighted by Crippen LogP contribution is 2.30. The molecule has 1 fully saturated rings. The maximum Gasteiger partial charge on any atom is 0.119 e. The van der Waals surface area contributed by atoms with Crippen LogP contribution in [0.2, 0.25) is 5.02 Å². The molecule has 2 heterocycles. The molecule has 4 rings (SSSR count). The minimum Gasteiger partial charge on any atom is -0.497 e. The molecule has 0 unspecified atom stereocenters. The number of rotatable bonds is 7. The van der Waals surface area contributed by atoms with Crippen molar-refractivity contribution in [2.45, 2.75) is 19.4 Å². The molecule has 0 amide bonds. The summed E-state index contributed by atoms with van der Waals surface area (Å²) >= 11 is 6.48. The lowest BCUT2D eigenvalue weighted by atomic mass is 10.0. The third-order valence-corrected chi connectivity index (χ3v) is 5.67. The zero-order valence-corrected chi connectivity index (χ0v) is 17.4. The van der Waals surface area contributed by atoms with Crippen LogP contribution in [0.3, 0.4) is 0 Å². The van der Waals surface area contributed by atoms with Crippen molar-refractivity contribution in [2.75, 3.05) is 26.9 Å². The van der Waals surface area contributed by atoms with E-state index in [0.717, 1.165) is 67.4 Å². The van der Waals surface area contributed by atoms with Gasteiger partial charge in [0.15, 0.2) is 0 Å². The van der Waals surface area contributed by atoms with Gasteiger partial charge in [0.2, 0.25) is 0 Å². The minimum atomic E-state index is 0.671. The van der Waals surface area contributed by atoms with Gasteiger partial charge >= 0.3 is 0 Å². The maximum atomic E-state index is 6.48. The van der Waals surface area contributed by atoms with Crippen LogP contribution in [0.4, 0.5) is 0 Å². The number of methoxy groups -OCH3 is 1. The maximum absolute atomic E-state index is 6.48. The Labute approximate surface area is 176 Å². The number of aromatic nitrogens is 2. The Morgan fingerprint density at radius 3 is 2.62 bits per heavy atom. The first-order chi connectivity index (χ1) is 14.2. The molecule has 1 aliphatic rings. The summed E-state index contributed by atoms with van der Waals surface area (Å²) in [5, 5.41) is 9.18. The Kier molecular flexibility index (Phi) is 6.49. The number of nitrogens with one attached hydrogen (secondary N) is 1. The Bertz CT molecular complexity index is 934. The molecule has 5 nitrogen and oxygen atoms in total. The lowest BCUT2D eigenvalue weighted by molar-refractivity contribution is 0.0662. The number of halogens is 1. The predicted molar refractivity (Wildman–Crippen MR) is 116 cm³/mol. The van der Waals surface area contributed by atoms with Crippen molar-refractivity contribution in [3.8, 4) is 22.7 Å². The van der Waals surface area contributed by atoms with Crippen molar-refractivity contribution in [1.29, 1.82) is 0 Å². The number of hydrogen-bond donors (Lipinski definition) is 1. The fourth-order valence-electron chi connectivity index (χ4n) is 3.65. The summed E-state index contributed by atoms with van der Waals surface area (Å²) in [6.07, 6.45) is 4.32. The third kappa shape index (κ3) is 4.81. The van der Waals surface area contributed by atoms with Gasteiger partial charge in [0.05, 0.1) is 23.5 Å². The average molecular weight is 412 g/mol. The Morgan fingerprint density at radius 1 is 1.14 bits per heavy atom. The SMILES string of the molecule is COc1ccc(-n2cc(CNCC3CCOCC3)c(-c3ccccc3Cl)n2)cc1. The first-order valence-corrected chi connectivity index (χ1v) is 10.4. The van der Waals surface area contributed by atoms with Crippen molar-refractivity contribution in [1.82, 2.24) is 15.1 Å². The van der Waals surface area contributed by atoms with E-state index in [1.807, 2.05) is 53.2 Å². The number of benzene rings is 2. The van der Waals surface area contributed by atoms with Gasteiger partial charge in [-0.1, -0.05) is 29.8 Å². The van der Waals surface area contributed by atoms with Crippen molar-refractivity contribution >= 4 is 11.6 Å². The lowest BCUT2D eigenvalue weighted by Crippen LogP contribution is -2.27. The monoisotopic (exact) mass is 411 g/mol. The number of hydrogen-bond acceptors (Lipinski definition) is 4. The second-order valence-corrected chi connectivity index (χ2v) is 7.72. The van der Waals surface area contributed by atoms with Gasteiger partial charge in [0.25, 0.3) is 0 Å². The van der Waals surface area contributed by atoms with Crippen LogP contribution in [0.5, 0.6) is 5.75 Å². The summed E-state index contributed by atoms with van der Waals surface area (Å²) in [6, 6.07) is 15.7. The van der Waals surface area contributed by atoms with Crippen molar-refractivity contribution in [3.63, 3.8) is 0 Å². The summed E-state index contributed by atoms with van der Waals surface area (Å²) in [4.78, 5) is 0. The molecule has 2 aromatic carbocycles. The van der Waals surface area contributed by atoms with E-state index in [1.165, 1.54) is 0 Å². The van der Waals surface area contributed by atoms with Gasteiger partial charge in [-0.05, 0) is 55.6 Å². The standard InChI is InChI=1S/C23H26ClN3O2/c1-28-20-8-6-19(7-9-20)27-16-18(15-25-14-17-10-12-29-13-11-17)23(26-27)21-4-2-3-5-22(21)24/h2-9,16-17,25H,10-15H2,1H3. The highest BCUT2D eigenvalue weighted by Gasteiger charge is 2.17. The Hall–Kier alpha value is -2.34. The molecule has 1 saturated heterocycles. The minimum absolute atomic E-state index is 0.671. The fourth-order valence-corrected chi connectivity index (χ4v) is 3.87. The third-order valence-electron chi connectivity index (χ3n) is 5.35. The molecule has 152 valence electrons. The van der Waals surface area contributed by atoms with Gasteiger partial charge < -0.3 is 14.8 Å². The molecule has 0 saturated carbocycles. The molecule has 1 aromatic heterocycles. The quantitative estimate of drug-likeness (QED) is 0.611. The second kappa shape index (κ2) is 9.44. The molecule has 0 aliphatic carbocycles. The zero-order chi connectivity index (χ0) is 20.1. The van der Waals surface area contributed by atoms with Gasteiger partial charge in [-0.25, -0.2) is 4.68 Å². The van der Waals surface area contributed by atoms with E-state index in [1.54, 1.807) is 7.11 Å². The van der Waals surface area contributed by atoms with Crippen molar-refractivity contribution < 1.29 is 9.47 Å². The molecule has 29 heavy (non-hydrogen) atoms. The van der Waals surface area contributed by atoms with Crippen LogP contribution in [0, 0.1) is 5.92 Å². The summed E-state index contributed by atoms with van der Waals surface area (Å²) in [5.41, 5.74) is 3.96. The van der Waals surface area contributed by atoms with Crippen molar-refractivity contribution in [3.05, 3.63) is 65.3 Å². The lowest BCUT2D eigenvalue weighted by Gasteiger charge is -2.22. The highest BCUT2D eigenvalue weighted by molar-refractivity contribution is 6.33. The van der Waals surface area contributed by atoms with Crippen LogP contribution in [0.25, 0.3) is 16.9 Å². The van der Waals surface area contributed by atoms with Crippen LogP contribution >= 0.6 is 11.6 Å². The zero-order valence-electron chi connectivity index (χ0n) is 16.6. The van der Waals surface area contributed by atoms with Crippen LogP contribution in [-0.4, -0.2) is 36.6 Å². The van der Waals surface area contributed by atoms with Gasteiger partial charge in [0, 0.05) is 37.1 Å². The largest absolute Gasteiger partial charge is 0.497 e. The van der Waals surface area contributed by atoms with E-state index in [4.69, 9.17) is 26.2 Å². The van der Waals surface area contributed by atoms with E-state index in [-0.39, 0.29) is 0 Å². The number of ether oxygens (including phenoxy) is 2. The normalized spacial score (nSPS) is 14.8. The van der Waals surface area contributed by atoms with Gasteiger partial charge in [0.1, 0.15) is 5.75 Å². The van der Waals surface area contributed by atoms with Crippen molar-refractivity contribution in [2.24, 2.45) is 5.92 Å². The van der Waals surface area contributed by atoms with E-state index in [0.29, 0.717) is 10.9 Å². The smallest absolute Gasteiger partial charge is 0.119 e. The summed E-state index contributed by atoms with van der Waals surface area (Å²) in [6.45, 7) is 3.46. The van der Waals surface area contributed by atoms with Crippen LogP contribution in [0.1, 0.15) is 18.4 Å². The average Bonchev–Trinajstić information content (AvgIpc) is 3.19. The van der Waals surface area contributed by atoms with Gasteiger partial charge in [-0.3, -0.25) is 0 Å².